The van der Waals surface area contributed by atoms with Gasteiger partial charge in [-0.15, -0.1) is 0 Å². The van der Waals surface area contributed by atoms with Crippen LogP contribution in [0, 0.1) is 6.92 Å². The average molecular weight is 351 g/mol. The summed E-state index contributed by atoms with van der Waals surface area (Å²) in [5.74, 6) is 0.894. The predicted molar refractivity (Wildman–Crippen MR) is 91.2 cm³/mol. The van der Waals surface area contributed by atoms with Crippen LogP contribution >= 0.6 is 0 Å². The highest BCUT2D eigenvalue weighted by molar-refractivity contribution is 7.92. The fourth-order valence-corrected chi connectivity index (χ4v) is 3.28. The molecule has 0 bridgehead atoms. The van der Waals surface area contributed by atoms with Crippen LogP contribution in [0.5, 0.6) is 0 Å². The Morgan fingerprint density at radius 3 is 2.92 bits per heavy atom. The Bertz CT molecular complexity index is 833. The van der Waals surface area contributed by atoms with Crippen molar-refractivity contribution >= 4 is 15.7 Å². The molecule has 24 heavy (non-hydrogen) atoms. The fourth-order valence-electron chi connectivity index (χ4n) is 2.70. The van der Waals surface area contributed by atoms with E-state index in [1.807, 2.05) is 26.1 Å². The van der Waals surface area contributed by atoms with Gasteiger partial charge in [0.2, 0.25) is 10.0 Å². The van der Waals surface area contributed by atoms with Gasteiger partial charge in [0.1, 0.15) is 0 Å². The molecule has 1 saturated heterocycles. The van der Waals surface area contributed by atoms with Gasteiger partial charge in [0, 0.05) is 19.6 Å². The normalized spacial score (nSPS) is 19.4. The standard InChI is InChI=1S/C15H21N5O3S/c1-10-4-5-12(19-24(3,21)22)11(8-10)15-17-14(18-23-15)13-9-16-6-7-20(13)2/h4-5,8,13,16,19H,6-7,9H2,1-3H3. The first-order valence-electron chi connectivity index (χ1n) is 7.67. The van der Waals surface area contributed by atoms with Crippen LogP contribution in [-0.2, 0) is 10.0 Å². The maximum Gasteiger partial charge on any atom is 0.260 e. The zero-order valence-corrected chi connectivity index (χ0v) is 14.7. The SMILES string of the molecule is Cc1ccc(NS(C)(=O)=O)c(-c2nc(C3CNCCN3C)no2)c1. The van der Waals surface area contributed by atoms with Crippen LogP contribution in [0.3, 0.4) is 0 Å². The van der Waals surface area contributed by atoms with Crippen LogP contribution in [0.2, 0.25) is 0 Å². The van der Waals surface area contributed by atoms with Crippen molar-refractivity contribution in [3.63, 3.8) is 0 Å². The van der Waals surface area contributed by atoms with Crippen LogP contribution in [0.4, 0.5) is 5.69 Å². The van der Waals surface area contributed by atoms with E-state index in [4.69, 9.17) is 4.52 Å². The Morgan fingerprint density at radius 1 is 1.42 bits per heavy atom. The number of aromatic nitrogens is 2. The molecule has 1 unspecified atom stereocenters. The van der Waals surface area contributed by atoms with Gasteiger partial charge in [-0.1, -0.05) is 16.8 Å². The number of hydrogen-bond donors (Lipinski definition) is 2. The van der Waals surface area contributed by atoms with Crippen molar-refractivity contribution in [1.82, 2.24) is 20.4 Å². The summed E-state index contributed by atoms with van der Waals surface area (Å²) in [6.45, 7) is 4.50. The highest BCUT2D eigenvalue weighted by Gasteiger charge is 2.26. The lowest BCUT2D eigenvalue weighted by molar-refractivity contribution is 0.190. The van der Waals surface area contributed by atoms with Crippen LogP contribution in [-0.4, -0.2) is 56.4 Å². The summed E-state index contributed by atoms with van der Waals surface area (Å²) in [6.07, 6.45) is 1.11. The molecule has 3 rings (SSSR count). The van der Waals surface area contributed by atoms with Crippen molar-refractivity contribution < 1.29 is 12.9 Å². The maximum absolute atomic E-state index is 11.6. The van der Waals surface area contributed by atoms with Crippen molar-refractivity contribution in [2.24, 2.45) is 0 Å². The van der Waals surface area contributed by atoms with Crippen molar-refractivity contribution in [2.75, 3.05) is 37.7 Å². The van der Waals surface area contributed by atoms with Gasteiger partial charge in [0.05, 0.1) is 23.5 Å². The molecule has 9 heteroatoms. The lowest BCUT2D eigenvalue weighted by atomic mass is 10.1. The second-order valence-electron chi connectivity index (χ2n) is 6.08. The van der Waals surface area contributed by atoms with Crippen molar-refractivity contribution in [3.05, 3.63) is 29.6 Å². The van der Waals surface area contributed by atoms with Gasteiger partial charge in [0.15, 0.2) is 5.82 Å². The number of nitrogens with zero attached hydrogens (tertiary/aromatic N) is 3. The Kier molecular flexibility index (Phi) is 4.57. The van der Waals surface area contributed by atoms with Crippen LogP contribution in [0.1, 0.15) is 17.4 Å². The van der Waals surface area contributed by atoms with Crippen LogP contribution < -0.4 is 10.0 Å². The lowest BCUT2D eigenvalue weighted by Crippen LogP contribution is -2.44. The Morgan fingerprint density at radius 2 is 2.21 bits per heavy atom. The summed E-state index contributed by atoms with van der Waals surface area (Å²) in [5, 5.41) is 7.40. The number of benzene rings is 1. The molecule has 0 saturated carbocycles. The Balaban J connectivity index is 1.96. The first-order chi connectivity index (χ1) is 11.3. The zero-order valence-electron chi connectivity index (χ0n) is 13.9. The number of likely N-dealkylation sites (N-methyl/N-ethyl adjacent to an activating group) is 1. The van der Waals surface area contributed by atoms with E-state index in [-0.39, 0.29) is 6.04 Å². The van der Waals surface area contributed by atoms with E-state index in [1.165, 1.54) is 0 Å². The Labute approximate surface area is 141 Å². The summed E-state index contributed by atoms with van der Waals surface area (Å²) in [7, 11) is -1.38. The van der Waals surface area contributed by atoms with Crippen LogP contribution in [0.25, 0.3) is 11.5 Å². The number of sulfonamides is 1. The van der Waals surface area contributed by atoms with E-state index in [0.717, 1.165) is 31.5 Å². The third kappa shape index (κ3) is 3.74. The molecule has 2 aromatic rings. The summed E-state index contributed by atoms with van der Waals surface area (Å²) >= 11 is 0. The topological polar surface area (TPSA) is 100 Å². The highest BCUT2D eigenvalue weighted by Crippen LogP contribution is 2.30. The third-order valence-electron chi connectivity index (χ3n) is 3.95. The summed E-state index contributed by atoms with van der Waals surface area (Å²) in [5.41, 5.74) is 1.97. The van der Waals surface area contributed by atoms with Crippen LogP contribution in [0.15, 0.2) is 22.7 Å². The maximum atomic E-state index is 11.6. The molecule has 1 fully saturated rings. The predicted octanol–water partition coefficient (Wildman–Crippen LogP) is 0.993. The molecule has 8 nitrogen and oxygen atoms in total. The van der Waals surface area contributed by atoms with E-state index in [2.05, 4.69) is 25.1 Å². The molecule has 1 aliphatic rings. The molecule has 2 heterocycles. The largest absolute Gasteiger partial charge is 0.334 e. The minimum Gasteiger partial charge on any atom is -0.334 e. The molecule has 1 atom stereocenters. The summed E-state index contributed by atoms with van der Waals surface area (Å²) in [6, 6.07) is 5.39. The molecule has 0 amide bonds. The van der Waals surface area contributed by atoms with E-state index < -0.39 is 10.0 Å². The first kappa shape index (κ1) is 16.9. The molecule has 1 aromatic heterocycles. The fraction of sp³-hybridized carbons (Fsp3) is 0.467. The monoisotopic (exact) mass is 351 g/mol. The second-order valence-corrected chi connectivity index (χ2v) is 7.83. The smallest absolute Gasteiger partial charge is 0.260 e. The summed E-state index contributed by atoms with van der Waals surface area (Å²) in [4.78, 5) is 6.66. The van der Waals surface area contributed by atoms with E-state index >= 15 is 0 Å². The molecule has 2 N–H and O–H groups in total. The van der Waals surface area contributed by atoms with Gasteiger partial charge in [0.25, 0.3) is 5.89 Å². The van der Waals surface area contributed by atoms with Gasteiger partial charge in [-0.3, -0.25) is 9.62 Å². The molecule has 0 aliphatic carbocycles. The van der Waals surface area contributed by atoms with E-state index in [1.54, 1.807) is 6.07 Å². The van der Waals surface area contributed by atoms with Gasteiger partial charge in [-0.25, -0.2) is 8.42 Å². The van der Waals surface area contributed by atoms with E-state index in [9.17, 15) is 8.42 Å². The quantitative estimate of drug-likeness (QED) is 0.847. The average Bonchev–Trinajstić information content (AvgIpc) is 2.98. The molecular formula is C15H21N5O3S. The molecular weight excluding hydrogens is 330 g/mol. The van der Waals surface area contributed by atoms with Crippen molar-refractivity contribution in [2.45, 2.75) is 13.0 Å². The molecule has 1 aliphatic heterocycles. The summed E-state index contributed by atoms with van der Waals surface area (Å²) < 4.78 is 31.1. The van der Waals surface area contributed by atoms with Crippen molar-refractivity contribution in [1.29, 1.82) is 0 Å². The van der Waals surface area contributed by atoms with Crippen molar-refractivity contribution in [3.8, 4) is 11.5 Å². The van der Waals surface area contributed by atoms with Gasteiger partial charge < -0.3 is 9.84 Å². The lowest BCUT2D eigenvalue weighted by Gasteiger charge is -2.30. The number of anilines is 1. The number of nitrogens with one attached hydrogen (secondary N) is 2. The number of rotatable bonds is 4. The first-order valence-corrected chi connectivity index (χ1v) is 9.56. The minimum atomic E-state index is -3.40. The minimum absolute atomic E-state index is 0.0346. The molecule has 1 aromatic carbocycles. The number of hydrogen-bond acceptors (Lipinski definition) is 7. The van der Waals surface area contributed by atoms with Gasteiger partial charge >= 0.3 is 0 Å². The zero-order chi connectivity index (χ0) is 17.3. The number of aryl methyl sites for hydroxylation is 1. The molecule has 0 spiro atoms. The van der Waals surface area contributed by atoms with Gasteiger partial charge in [-0.05, 0) is 26.1 Å². The molecule has 130 valence electrons. The molecule has 0 radical (unpaired) electrons. The van der Waals surface area contributed by atoms with E-state index in [0.29, 0.717) is 23.0 Å². The Hall–Kier alpha value is -1.97. The third-order valence-corrected chi connectivity index (χ3v) is 4.54. The highest BCUT2D eigenvalue weighted by atomic mass is 32.2. The van der Waals surface area contributed by atoms with Gasteiger partial charge in [-0.2, -0.15) is 4.98 Å². The number of piperazine rings is 1. The second kappa shape index (κ2) is 6.50.